The van der Waals surface area contributed by atoms with E-state index in [4.69, 9.17) is 5.73 Å². The van der Waals surface area contributed by atoms with Crippen molar-refractivity contribution in [1.82, 2.24) is 0 Å². The molecule has 0 spiro atoms. The monoisotopic (exact) mass is 275 g/mol. The zero-order valence-electron chi connectivity index (χ0n) is 8.37. The standard InChI is InChI=1S/C9H9F4NO2.ClH/c10-4-6(14)5-2-1-3-7(8(5)15)16-9(11,12)13;/h1-3,6,15H,4,14H2;1H/t6-;/m0./s1. The number of hydrogen-bond acceptors (Lipinski definition) is 3. The summed E-state index contributed by atoms with van der Waals surface area (Å²) in [6.45, 7) is -0.997. The third kappa shape index (κ3) is 4.27. The second-order valence-electron chi connectivity index (χ2n) is 3.00. The predicted molar refractivity (Wildman–Crippen MR) is 54.9 cm³/mol. The second-order valence-corrected chi connectivity index (χ2v) is 3.00. The SMILES string of the molecule is Cl.N[C@@H](CF)c1cccc(OC(F)(F)F)c1O. The molecule has 1 aromatic rings. The molecule has 17 heavy (non-hydrogen) atoms. The van der Waals surface area contributed by atoms with Crippen LogP contribution in [0.2, 0.25) is 0 Å². The van der Waals surface area contributed by atoms with Crippen LogP contribution in [0, 0.1) is 0 Å². The van der Waals surface area contributed by atoms with Crippen molar-refractivity contribution in [2.45, 2.75) is 12.4 Å². The molecule has 0 saturated heterocycles. The highest BCUT2D eigenvalue weighted by Crippen LogP contribution is 2.36. The Kier molecular flexibility index (Phi) is 5.50. The first-order valence-electron chi connectivity index (χ1n) is 4.24. The number of aromatic hydroxyl groups is 1. The van der Waals surface area contributed by atoms with Gasteiger partial charge in [0.2, 0.25) is 0 Å². The van der Waals surface area contributed by atoms with Crippen LogP contribution in [0.5, 0.6) is 11.5 Å². The molecule has 98 valence electrons. The molecule has 0 amide bonds. The minimum absolute atomic E-state index is 0. The Morgan fingerprint density at radius 3 is 2.41 bits per heavy atom. The molecule has 0 aliphatic heterocycles. The summed E-state index contributed by atoms with van der Waals surface area (Å²) < 4.78 is 51.5. The normalized spacial score (nSPS) is 12.8. The molecular weight excluding hydrogens is 266 g/mol. The number of alkyl halides is 4. The number of ether oxygens (including phenoxy) is 1. The van der Waals surface area contributed by atoms with Gasteiger partial charge < -0.3 is 15.6 Å². The Balaban J connectivity index is 0.00000256. The second kappa shape index (κ2) is 5.92. The van der Waals surface area contributed by atoms with E-state index in [1.54, 1.807) is 0 Å². The zero-order valence-corrected chi connectivity index (χ0v) is 9.19. The van der Waals surface area contributed by atoms with Crippen molar-refractivity contribution in [2.24, 2.45) is 5.73 Å². The third-order valence-electron chi connectivity index (χ3n) is 1.82. The van der Waals surface area contributed by atoms with Gasteiger partial charge in [-0.1, -0.05) is 12.1 Å². The van der Waals surface area contributed by atoms with E-state index in [0.29, 0.717) is 0 Å². The Bertz CT molecular complexity index is 373. The summed E-state index contributed by atoms with van der Waals surface area (Å²) in [4.78, 5) is 0. The summed E-state index contributed by atoms with van der Waals surface area (Å²) in [5.41, 5.74) is 5.12. The van der Waals surface area contributed by atoms with Gasteiger partial charge in [0.15, 0.2) is 11.5 Å². The van der Waals surface area contributed by atoms with Crippen LogP contribution in [0.3, 0.4) is 0 Å². The van der Waals surface area contributed by atoms with Crippen LogP contribution in [0.4, 0.5) is 17.6 Å². The third-order valence-corrected chi connectivity index (χ3v) is 1.82. The lowest BCUT2D eigenvalue weighted by Gasteiger charge is -2.14. The first kappa shape index (κ1) is 15.8. The molecule has 0 aliphatic rings. The fourth-order valence-corrected chi connectivity index (χ4v) is 1.13. The highest BCUT2D eigenvalue weighted by Gasteiger charge is 2.32. The van der Waals surface area contributed by atoms with Gasteiger partial charge in [0.05, 0.1) is 6.04 Å². The number of benzene rings is 1. The number of phenolic OH excluding ortho intramolecular Hbond substituents is 1. The van der Waals surface area contributed by atoms with Gasteiger partial charge in [0.1, 0.15) is 6.67 Å². The average Bonchev–Trinajstić information content (AvgIpc) is 2.18. The van der Waals surface area contributed by atoms with Crippen molar-refractivity contribution in [3.63, 3.8) is 0 Å². The fourth-order valence-electron chi connectivity index (χ4n) is 1.13. The lowest BCUT2D eigenvalue weighted by molar-refractivity contribution is -0.275. The summed E-state index contributed by atoms with van der Waals surface area (Å²) in [5, 5.41) is 9.38. The van der Waals surface area contributed by atoms with E-state index in [1.807, 2.05) is 0 Å². The first-order valence-corrected chi connectivity index (χ1v) is 4.24. The molecule has 0 fully saturated rings. The van der Waals surface area contributed by atoms with Crippen molar-refractivity contribution >= 4 is 12.4 Å². The van der Waals surface area contributed by atoms with Crippen molar-refractivity contribution in [3.05, 3.63) is 23.8 Å². The Morgan fingerprint density at radius 1 is 1.35 bits per heavy atom. The number of hydrogen-bond donors (Lipinski definition) is 2. The summed E-state index contributed by atoms with van der Waals surface area (Å²) in [6.07, 6.45) is -4.92. The van der Waals surface area contributed by atoms with Crippen LogP contribution in [0.15, 0.2) is 18.2 Å². The lowest BCUT2D eigenvalue weighted by Crippen LogP contribution is -2.18. The Morgan fingerprint density at radius 2 is 1.94 bits per heavy atom. The number of phenols is 1. The van der Waals surface area contributed by atoms with E-state index >= 15 is 0 Å². The number of halogens is 5. The summed E-state index contributed by atoms with van der Waals surface area (Å²) in [5.74, 6) is -1.60. The molecule has 1 atom stereocenters. The molecule has 0 radical (unpaired) electrons. The van der Waals surface area contributed by atoms with E-state index in [9.17, 15) is 22.7 Å². The molecule has 3 N–H and O–H groups in total. The lowest BCUT2D eigenvalue weighted by atomic mass is 10.1. The number of nitrogens with two attached hydrogens (primary N) is 1. The van der Waals surface area contributed by atoms with Gasteiger partial charge in [-0.3, -0.25) is 0 Å². The van der Waals surface area contributed by atoms with Crippen LogP contribution < -0.4 is 10.5 Å². The minimum Gasteiger partial charge on any atom is -0.504 e. The zero-order chi connectivity index (χ0) is 12.3. The molecule has 0 bridgehead atoms. The van der Waals surface area contributed by atoms with Gasteiger partial charge >= 0.3 is 6.36 Å². The molecule has 3 nitrogen and oxygen atoms in total. The van der Waals surface area contributed by atoms with Crippen LogP contribution in [-0.2, 0) is 0 Å². The van der Waals surface area contributed by atoms with E-state index in [2.05, 4.69) is 4.74 Å². The average molecular weight is 276 g/mol. The summed E-state index contributed by atoms with van der Waals surface area (Å²) in [6, 6.07) is 2.14. The molecule has 1 aromatic carbocycles. The van der Waals surface area contributed by atoms with Crippen LogP contribution >= 0.6 is 12.4 Å². The minimum atomic E-state index is -4.92. The van der Waals surface area contributed by atoms with Crippen molar-refractivity contribution in [1.29, 1.82) is 0 Å². The van der Waals surface area contributed by atoms with E-state index < -0.39 is 30.6 Å². The van der Waals surface area contributed by atoms with E-state index in [1.165, 1.54) is 12.1 Å². The van der Waals surface area contributed by atoms with Gasteiger partial charge in [0.25, 0.3) is 0 Å². The summed E-state index contributed by atoms with van der Waals surface area (Å²) in [7, 11) is 0. The quantitative estimate of drug-likeness (QED) is 0.834. The van der Waals surface area contributed by atoms with E-state index in [0.717, 1.165) is 6.07 Å². The summed E-state index contributed by atoms with van der Waals surface area (Å²) >= 11 is 0. The van der Waals surface area contributed by atoms with Crippen molar-refractivity contribution in [2.75, 3.05) is 6.67 Å². The first-order chi connectivity index (χ1) is 7.35. The van der Waals surface area contributed by atoms with E-state index in [-0.39, 0.29) is 18.0 Å². The molecule has 0 saturated carbocycles. The van der Waals surface area contributed by atoms with Gasteiger partial charge in [0, 0.05) is 5.56 Å². The molecule has 0 heterocycles. The molecule has 1 rings (SSSR count). The smallest absolute Gasteiger partial charge is 0.504 e. The van der Waals surface area contributed by atoms with Crippen LogP contribution in [-0.4, -0.2) is 18.1 Å². The molecule has 0 aromatic heterocycles. The fraction of sp³-hybridized carbons (Fsp3) is 0.333. The highest BCUT2D eigenvalue weighted by atomic mass is 35.5. The van der Waals surface area contributed by atoms with Crippen molar-refractivity contribution in [3.8, 4) is 11.5 Å². The topological polar surface area (TPSA) is 55.5 Å². The maximum atomic E-state index is 12.2. The number of para-hydroxylation sites is 1. The van der Waals surface area contributed by atoms with Gasteiger partial charge in [-0.2, -0.15) is 0 Å². The Hall–Kier alpha value is -1.21. The van der Waals surface area contributed by atoms with Crippen LogP contribution in [0.25, 0.3) is 0 Å². The van der Waals surface area contributed by atoms with Crippen molar-refractivity contribution < 1.29 is 27.4 Å². The number of rotatable bonds is 3. The van der Waals surface area contributed by atoms with Gasteiger partial charge in [-0.15, -0.1) is 25.6 Å². The van der Waals surface area contributed by atoms with Crippen LogP contribution in [0.1, 0.15) is 11.6 Å². The largest absolute Gasteiger partial charge is 0.573 e. The van der Waals surface area contributed by atoms with Gasteiger partial charge in [-0.05, 0) is 6.07 Å². The maximum Gasteiger partial charge on any atom is 0.573 e. The van der Waals surface area contributed by atoms with Gasteiger partial charge in [-0.25, -0.2) is 4.39 Å². The molecule has 0 aliphatic carbocycles. The molecular formula is C9H10ClF4NO2. The molecule has 0 unspecified atom stereocenters. The Labute approximate surface area is 101 Å². The maximum absolute atomic E-state index is 12.2. The highest BCUT2D eigenvalue weighted by molar-refractivity contribution is 5.85. The predicted octanol–water partition coefficient (Wildman–Crippen LogP) is 2.68. The molecule has 8 heteroatoms.